The van der Waals surface area contributed by atoms with Crippen LogP contribution in [0.2, 0.25) is 0 Å². The molecule has 10 rings (SSSR count). The lowest BCUT2D eigenvalue weighted by atomic mass is 9.60. The maximum absolute atomic E-state index is 4.55. The fourth-order valence-corrected chi connectivity index (χ4v) is 9.29. The van der Waals surface area contributed by atoms with Gasteiger partial charge in [0.05, 0.1) is 64.6 Å². The van der Waals surface area contributed by atoms with Crippen molar-refractivity contribution in [3.8, 4) is 0 Å². The van der Waals surface area contributed by atoms with Gasteiger partial charge in [0.2, 0.25) is 0 Å². The summed E-state index contributed by atoms with van der Waals surface area (Å²) < 4.78 is 0. The van der Waals surface area contributed by atoms with Crippen LogP contribution in [0.1, 0.15) is 74.9 Å². The van der Waals surface area contributed by atoms with E-state index < -0.39 is 5.41 Å². The van der Waals surface area contributed by atoms with Gasteiger partial charge in [0.1, 0.15) is 0 Å². The highest BCUT2D eigenvalue weighted by molar-refractivity contribution is 6.00. The van der Waals surface area contributed by atoms with Crippen molar-refractivity contribution in [2.75, 3.05) is 14.7 Å². The second kappa shape index (κ2) is 11.3. The highest BCUT2D eigenvalue weighted by Crippen LogP contribution is 2.67. The minimum atomic E-state index is -0.391. The van der Waals surface area contributed by atoms with E-state index in [1.54, 1.807) is 0 Å². The SMILES string of the molecule is CC1(C)c2cccc3c2N2c4c1cc(N(c1cccnc1)c1cccnc1)cc4C(C)(C)c1cc(N(c4cccnc4)c4cccnc4)cc(c12)C3(C)C. The average molecular weight is 704 g/mol. The molecule has 0 unspecified atom stereocenters. The van der Waals surface area contributed by atoms with E-state index in [0.29, 0.717) is 0 Å². The van der Waals surface area contributed by atoms with E-state index in [4.69, 9.17) is 0 Å². The van der Waals surface area contributed by atoms with Crippen LogP contribution in [0.4, 0.5) is 51.2 Å². The molecule has 3 aromatic carbocycles. The number of hydrogen-bond acceptors (Lipinski definition) is 7. The van der Waals surface area contributed by atoms with Crippen LogP contribution < -0.4 is 14.7 Å². The minimum absolute atomic E-state index is 0.282. The lowest BCUT2D eigenvalue weighted by Crippen LogP contribution is -2.44. The van der Waals surface area contributed by atoms with Crippen LogP contribution in [0.15, 0.2) is 141 Å². The molecule has 0 amide bonds. The summed E-state index contributed by atoms with van der Waals surface area (Å²) in [6, 6.07) is 33.1. The molecule has 0 aliphatic carbocycles. The zero-order valence-electron chi connectivity index (χ0n) is 31.4. The number of hydrogen-bond donors (Lipinski definition) is 0. The monoisotopic (exact) mass is 703 g/mol. The maximum Gasteiger partial charge on any atom is 0.0645 e. The van der Waals surface area contributed by atoms with E-state index in [-0.39, 0.29) is 10.8 Å². The van der Waals surface area contributed by atoms with E-state index in [0.717, 1.165) is 34.1 Å². The van der Waals surface area contributed by atoms with Crippen LogP contribution >= 0.6 is 0 Å². The Balaban J connectivity index is 1.30. The molecule has 7 nitrogen and oxygen atoms in total. The molecule has 0 bridgehead atoms. The van der Waals surface area contributed by atoms with Gasteiger partial charge in [0.15, 0.2) is 0 Å². The fraction of sp³-hybridized carbons (Fsp3) is 0.191. The van der Waals surface area contributed by atoms with Gasteiger partial charge in [-0.1, -0.05) is 59.7 Å². The van der Waals surface area contributed by atoms with Gasteiger partial charge in [-0.05, 0) is 106 Å². The number of anilines is 9. The van der Waals surface area contributed by atoms with Gasteiger partial charge >= 0.3 is 0 Å². The highest BCUT2D eigenvalue weighted by atomic mass is 15.2. The second-order valence-electron chi connectivity index (χ2n) is 16.2. The Morgan fingerprint density at radius 2 is 0.667 bits per heavy atom. The molecule has 4 aromatic heterocycles. The van der Waals surface area contributed by atoms with Crippen molar-refractivity contribution < 1.29 is 0 Å². The summed E-state index contributed by atoms with van der Waals surface area (Å²) in [7, 11) is 0. The van der Waals surface area contributed by atoms with Gasteiger partial charge in [-0.25, -0.2) is 0 Å². The number of nitrogens with zero attached hydrogens (tertiary/aromatic N) is 7. The Hall–Kier alpha value is -6.34. The van der Waals surface area contributed by atoms with Crippen LogP contribution in [-0.4, -0.2) is 19.9 Å². The van der Waals surface area contributed by atoms with Crippen LogP contribution in [0.25, 0.3) is 0 Å². The third-order valence-corrected chi connectivity index (χ3v) is 12.1. The van der Waals surface area contributed by atoms with Crippen LogP contribution in [0, 0.1) is 0 Å². The van der Waals surface area contributed by atoms with Crippen molar-refractivity contribution in [3.63, 3.8) is 0 Å². The lowest BCUT2D eigenvalue weighted by Gasteiger charge is -2.55. The number of rotatable bonds is 6. The Morgan fingerprint density at radius 3 is 0.963 bits per heavy atom. The quantitative estimate of drug-likeness (QED) is 0.171. The van der Waals surface area contributed by atoms with E-state index in [9.17, 15) is 0 Å². The molecule has 0 saturated carbocycles. The molecule has 7 aromatic rings. The van der Waals surface area contributed by atoms with Crippen LogP contribution in [-0.2, 0) is 16.2 Å². The fourth-order valence-electron chi connectivity index (χ4n) is 9.29. The first-order valence-corrected chi connectivity index (χ1v) is 18.6. The summed E-state index contributed by atoms with van der Waals surface area (Å²) in [5.74, 6) is 0. The van der Waals surface area contributed by atoms with Gasteiger partial charge < -0.3 is 14.7 Å². The van der Waals surface area contributed by atoms with E-state index in [1.165, 1.54) is 50.4 Å². The summed E-state index contributed by atoms with van der Waals surface area (Å²) in [5.41, 5.74) is 16.9. The van der Waals surface area contributed by atoms with Crippen molar-refractivity contribution in [1.29, 1.82) is 0 Å². The predicted octanol–water partition coefficient (Wildman–Crippen LogP) is 11.6. The van der Waals surface area contributed by atoms with Crippen molar-refractivity contribution in [2.45, 2.75) is 57.8 Å². The highest BCUT2D eigenvalue weighted by Gasteiger charge is 2.52. The molecule has 0 atom stereocenters. The average Bonchev–Trinajstić information content (AvgIpc) is 3.19. The molecule has 0 fully saturated rings. The third kappa shape index (κ3) is 4.41. The first-order valence-electron chi connectivity index (χ1n) is 18.6. The third-order valence-electron chi connectivity index (χ3n) is 12.1. The largest absolute Gasteiger partial charge is 0.309 e. The number of aromatic nitrogens is 4. The molecule has 7 heteroatoms. The first-order chi connectivity index (χ1) is 26.1. The second-order valence-corrected chi connectivity index (χ2v) is 16.2. The summed E-state index contributed by atoms with van der Waals surface area (Å²) in [6.45, 7) is 14.4. The number of pyridine rings is 4. The standard InChI is InChI=1S/C47H41N7/c1-45(2)36-16-7-17-37-42(36)54-43-38(45)22-34(52(30-12-8-18-48-26-30)31-13-9-19-49-27-31)24-40(43)47(5,6)41-25-35(23-39(44(41)54)46(37,3)4)53(32-14-10-20-50-28-32)33-15-11-21-51-29-33/h7-29H,1-6H3. The van der Waals surface area contributed by atoms with Crippen molar-refractivity contribution >= 4 is 51.2 Å². The molecule has 0 N–H and O–H groups in total. The molecule has 54 heavy (non-hydrogen) atoms. The Labute approximate surface area is 316 Å². The smallest absolute Gasteiger partial charge is 0.0645 e. The van der Waals surface area contributed by atoms with Crippen LogP contribution in [0.5, 0.6) is 0 Å². The Bertz CT molecular complexity index is 2330. The molecule has 0 saturated heterocycles. The lowest BCUT2D eigenvalue weighted by molar-refractivity contribution is 0.567. The maximum atomic E-state index is 4.55. The van der Waals surface area contributed by atoms with E-state index in [1.807, 2.05) is 73.8 Å². The summed E-state index contributed by atoms with van der Waals surface area (Å²) in [5, 5.41) is 0. The molecule has 0 radical (unpaired) electrons. The molecule has 0 spiro atoms. The summed E-state index contributed by atoms with van der Waals surface area (Å²) in [4.78, 5) is 25.4. The van der Waals surface area contributed by atoms with Gasteiger partial charge in [0, 0.05) is 52.4 Å². The molecule has 264 valence electrons. The van der Waals surface area contributed by atoms with E-state index in [2.05, 4.69) is 143 Å². The Kier molecular flexibility index (Phi) is 6.78. The molecule has 3 aliphatic rings. The van der Waals surface area contributed by atoms with E-state index >= 15 is 0 Å². The van der Waals surface area contributed by atoms with Crippen molar-refractivity contribution in [2.24, 2.45) is 0 Å². The zero-order chi connectivity index (χ0) is 37.0. The van der Waals surface area contributed by atoms with Gasteiger partial charge in [-0.15, -0.1) is 0 Å². The van der Waals surface area contributed by atoms with Gasteiger partial charge in [-0.3, -0.25) is 19.9 Å². The topological polar surface area (TPSA) is 61.3 Å². The Morgan fingerprint density at radius 1 is 0.370 bits per heavy atom. The predicted molar refractivity (Wildman–Crippen MR) is 218 cm³/mol. The van der Waals surface area contributed by atoms with Gasteiger partial charge in [0.25, 0.3) is 0 Å². The summed E-state index contributed by atoms with van der Waals surface area (Å²) in [6.07, 6.45) is 15.0. The molecule has 3 aliphatic heterocycles. The zero-order valence-corrected chi connectivity index (χ0v) is 31.4. The van der Waals surface area contributed by atoms with Crippen molar-refractivity contribution in [1.82, 2.24) is 19.9 Å². The van der Waals surface area contributed by atoms with Crippen molar-refractivity contribution in [3.05, 3.63) is 174 Å². The summed E-state index contributed by atoms with van der Waals surface area (Å²) >= 11 is 0. The molecule has 7 heterocycles. The van der Waals surface area contributed by atoms with Gasteiger partial charge in [-0.2, -0.15) is 0 Å². The number of para-hydroxylation sites is 1. The first kappa shape index (κ1) is 32.3. The minimum Gasteiger partial charge on any atom is -0.309 e. The number of benzene rings is 3. The van der Waals surface area contributed by atoms with Crippen LogP contribution in [0.3, 0.4) is 0 Å². The molecular weight excluding hydrogens is 663 g/mol. The normalized spacial score (nSPS) is 16.0. The molecular formula is C47H41N7.